The first-order valence-corrected chi connectivity index (χ1v) is 10.0. The fourth-order valence-corrected chi connectivity index (χ4v) is 4.00. The zero-order chi connectivity index (χ0) is 21.3. The summed E-state index contributed by atoms with van der Waals surface area (Å²) in [5.41, 5.74) is 1.95. The van der Waals surface area contributed by atoms with Crippen LogP contribution in [-0.2, 0) is 22.5 Å². The molecular weight excluding hydrogens is 386 g/mol. The van der Waals surface area contributed by atoms with Gasteiger partial charge in [-0.1, -0.05) is 24.3 Å². The number of ether oxygens (including phenoxy) is 1. The van der Waals surface area contributed by atoms with E-state index in [1.165, 1.54) is 16.5 Å². The third-order valence-corrected chi connectivity index (χ3v) is 5.35. The number of amides is 1. The van der Waals surface area contributed by atoms with E-state index < -0.39 is 11.5 Å². The molecule has 1 N–H and O–H groups in total. The van der Waals surface area contributed by atoms with Crippen molar-refractivity contribution in [3.63, 3.8) is 0 Å². The number of rotatable bonds is 5. The predicted octanol–water partition coefficient (Wildman–Crippen LogP) is 2.67. The Bertz CT molecular complexity index is 1180. The molecule has 2 aromatic heterocycles. The van der Waals surface area contributed by atoms with Gasteiger partial charge in [0.1, 0.15) is 29.6 Å². The van der Waals surface area contributed by atoms with Gasteiger partial charge in [0.15, 0.2) is 0 Å². The quantitative estimate of drug-likeness (QED) is 0.650. The molecule has 1 aliphatic rings. The van der Waals surface area contributed by atoms with Crippen LogP contribution >= 0.6 is 0 Å². The van der Waals surface area contributed by atoms with E-state index in [0.717, 1.165) is 24.8 Å². The van der Waals surface area contributed by atoms with Gasteiger partial charge in [-0.2, -0.15) is 0 Å². The number of carbonyl (C=O) groups excluding carboxylic acids is 2. The molecule has 3 aromatic rings. The first-order chi connectivity index (χ1) is 14.5. The molecule has 4 rings (SSSR count). The molecule has 156 valence electrons. The number of esters is 1. The fraction of sp³-hybridized carbons (Fsp3) is 0.364. The summed E-state index contributed by atoms with van der Waals surface area (Å²) >= 11 is 0. The number of benzene rings is 1. The smallest absolute Gasteiger partial charge is 0.342 e. The molecule has 0 saturated heterocycles. The minimum atomic E-state index is -0.645. The first kappa shape index (κ1) is 19.9. The van der Waals surface area contributed by atoms with Crippen molar-refractivity contribution < 1.29 is 18.7 Å². The molecule has 1 aliphatic carbocycles. The maximum Gasteiger partial charge on any atom is 0.342 e. The number of fused-ring (bicyclic) bond motifs is 2. The Hall–Kier alpha value is -3.42. The van der Waals surface area contributed by atoms with Crippen LogP contribution < -0.4 is 10.9 Å². The Morgan fingerprint density at radius 2 is 2.13 bits per heavy atom. The molecule has 0 unspecified atom stereocenters. The second kappa shape index (κ2) is 8.14. The molecule has 30 heavy (non-hydrogen) atoms. The monoisotopic (exact) mass is 409 g/mol. The molecule has 0 bridgehead atoms. The Morgan fingerprint density at radius 1 is 1.33 bits per heavy atom. The average Bonchev–Trinajstić information content (AvgIpc) is 3.07. The summed E-state index contributed by atoms with van der Waals surface area (Å²) in [7, 11) is 0. The average molecular weight is 409 g/mol. The Balaban J connectivity index is 1.59. The number of aromatic nitrogens is 2. The number of aryl methyl sites for hydroxylation is 2. The van der Waals surface area contributed by atoms with E-state index in [4.69, 9.17) is 9.15 Å². The van der Waals surface area contributed by atoms with Crippen molar-refractivity contribution >= 4 is 23.0 Å². The topological polar surface area (TPSA) is 103 Å². The molecule has 0 saturated carbocycles. The van der Waals surface area contributed by atoms with E-state index in [1.54, 1.807) is 13.8 Å². The lowest BCUT2D eigenvalue weighted by Crippen LogP contribution is -2.36. The Morgan fingerprint density at radius 3 is 2.93 bits per heavy atom. The van der Waals surface area contributed by atoms with Crippen molar-refractivity contribution in [2.45, 2.75) is 45.7 Å². The summed E-state index contributed by atoms with van der Waals surface area (Å²) in [6.07, 6.45) is 4.10. The summed E-state index contributed by atoms with van der Waals surface area (Å²) in [6.45, 7) is 3.22. The summed E-state index contributed by atoms with van der Waals surface area (Å²) in [5, 5.41) is 3.05. The van der Waals surface area contributed by atoms with Crippen LogP contribution in [0.15, 0.2) is 39.8 Å². The second-order valence-corrected chi connectivity index (χ2v) is 7.32. The fourth-order valence-electron chi connectivity index (χ4n) is 4.00. The van der Waals surface area contributed by atoms with E-state index >= 15 is 0 Å². The Kier molecular flexibility index (Phi) is 5.39. The van der Waals surface area contributed by atoms with Crippen LogP contribution in [0.4, 0.5) is 0 Å². The van der Waals surface area contributed by atoms with E-state index in [0.29, 0.717) is 0 Å². The molecule has 8 heteroatoms. The van der Waals surface area contributed by atoms with Gasteiger partial charge in [-0.05, 0) is 44.2 Å². The maximum absolute atomic E-state index is 13.0. The molecule has 1 atom stereocenters. The van der Waals surface area contributed by atoms with Crippen LogP contribution in [-0.4, -0.2) is 28.0 Å². The molecule has 8 nitrogen and oxygen atoms in total. The Labute approximate surface area is 172 Å². The van der Waals surface area contributed by atoms with Gasteiger partial charge < -0.3 is 14.5 Å². The van der Waals surface area contributed by atoms with E-state index in [-0.39, 0.29) is 47.5 Å². The standard InChI is InChI=1S/C22H23N3O5/c1-3-29-22(28)18-13(2)30-20-19(18)21(27)25(12-23-20)11-17(26)24-16-10-6-8-14-7-4-5-9-15(14)16/h4-5,7,9,12,16H,3,6,8,10-11H2,1-2H3,(H,24,26)/t16-/m0/s1. The third-order valence-electron chi connectivity index (χ3n) is 5.35. The number of nitrogens with one attached hydrogen (secondary N) is 1. The van der Waals surface area contributed by atoms with Crippen molar-refractivity contribution in [1.82, 2.24) is 14.9 Å². The van der Waals surface area contributed by atoms with Crippen LogP contribution in [0.1, 0.15) is 53.1 Å². The number of hydrogen-bond acceptors (Lipinski definition) is 6. The lowest BCUT2D eigenvalue weighted by molar-refractivity contribution is -0.122. The van der Waals surface area contributed by atoms with Gasteiger partial charge in [0.25, 0.3) is 5.56 Å². The summed E-state index contributed by atoms with van der Waals surface area (Å²) in [6, 6.07) is 7.98. The van der Waals surface area contributed by atoms with E-state index in [9.17, 15) is 14.4 Å². The van der Waals surface area contributed by atoms with Crippen molar-refractivity contribution in [2.75, 3.05) is 6.61 Å². The summed E-state index contributed by atoms with van der Waals surface area (Å²) < 4.78 is 11.7. The normalized spacial score (nSPS) is 15.6. The van der Waals surface area contributed by atoms with Crippen LogP contribution in [0, 0.1) is 6.92 Å². The molecule has 2 heterocycles. The van der Waals surface area contributed by atoms with Gasteiger partial charge in [0.05, 0.1) is 12.6 Å². The lowest BCUT2D eigenvalue weighted by atomic mass is 9.88. The van der Waals surface area contributed by atoms with Crippen molar-refractivity contribution in [1.29, 1.82) is 0 Å². The van der Waals surface area contributed by atoms with Gasteiger partial charge in [0.2, 0.25) is 11.6 Å². The SMILES string of the molecule is CCOC(=O)c1c(C)oc2ncn(CC(=O)N[C@H]3CCCc4ccccc43)c(=O)c12. The van der Waals surface area contributed by atoms with Crippen LogP contribution in [0.2, 0.25) is 0 Å². The number of hydrogen-bond donors (Lipinski definition) is 1. The number of carbonyl (C=O) groups is 2. The molecule has 1 aromatic carbocycles. The van der Waals surface area contributed by atoms with Gasteiger partial charge in [-0.3, -0.25) is 14.2 Å². The summed E-state index contributed by atoms with van der Waals surface area (Å²) in [4.78, 5) is 42.0. The molecule has 0 spiro atoms. The minimum Gasteiger partial charge on any atom is -0.462 e. The summed E-state index contributed by atoms with van der Waals surface area (Å²) in [5.74, 6) is -0.680. The maximum atomic E-state index is 13.0. The number of nitrogens with zero attached hydrogens (tertiary/aromatic N) is 2. The van der Waals surface area contributed by atoms with Gasteiger partial charge >= 0.3 is 5.97 Å². The highest BCUT2D eigenvalue weighted by Gasteiger charge is 2.25. The van der Waals surface area contributed by atoms with Crippen molar-refractivity contribution in [3.05, 3.63) is 63.4 Å². The second-order valence-electron chi connectivity index (χ2n) is 7.32. The molecular formula is C22H23N3O5. The van der Waals surface area contributed by atoms with Crippen LogP contribution in [0.5, 0.6) is 0 Å². The molecule has 1 amide bonds. The highest BCUT2D eigenvalue weighted by molar-refractivity contribution is 6.03. The third kappa shape index (κ3) is 3.60. The van der Waals surface area contributed by atoms with Crippen molar-refractivity contribution in [2.24, 2.45) is 0 Å². The minimum absolute atomic E-state index is 0.0317. The van der Waals surface area contributed by atoms with Gasteiger partial charge in [-0.15, -0.1) is 0 Å². The zero-order valence-corrected chi connectivity index (χ0v) is 16.9. The first-order valence-electron chi connectivity index (χ1n) is 10.0. The van der Waals surface area contributed by atoms with Gasteiger partial charge in [0, 0.05) is 0 Å². The van der Waals surface area contributed by atoms with Crippen molar-refractivity contribution in [3.8, 4) is 0 Å². The van der Waals surface area contributed by atoms with E-state index in [1.807, 2.05) is 18.2 Å². The highest BCUT2D eigenvalue weighted by Crippen LogP contribution is 2.29. The predicted molar refractivity (Wildman–Crippen MR) is 109 cm³/mol. The van der Waals surface area contributed by atoms with E-state index in [2.05, 4.69) is 16.4 Å². The number of furan rings is 1. The van der Waals surface area contributed by atoms with Gasteiger partial charge in [-0.25, -0.2) is 9.78 Å². The largest absolute Gasteiger partial charge is 0.462 e. The van der Waals surface area contributed by atoms with Crippen LogP contribution in [0.3, 0.4) is 0 Å². The highest BCUT2D eigenvalue weighted by atomic mass is 16.5. The zero-order valence-electron chi connectivity index (χ0n) is 16.9. The lowest BCUT2D eigenvalue weighted by Gasteiger charge is -2.26. The molecule has 0 radical (unpaired) electrons. The molecule has 0 fully saturated rings. The molecule has 0 aliphatic heterocycles. The van der Waals surface area contributed by atoms with Crippen LogP contribution in [0.25, 0.3) is 11.1 Å².